The number of aromatic nitrogens is 3. The van der Waals surface area contributed by atoms with Gasteiger partial charge in [-0.2, -0.15) is 5.10 Å². The van der Waals surface area contributed by atoms with Gasteiger partial charge in [-0.25, -0.2) is 4.98 Å². The first-order valence-electron chi connectivity index (χ1n) is 5.96. The molecule has 19 heavy (non-hydrogen) atoms. The van der Waals surface area contributed by atoms with Gasteiger partial charge in [0.25, 0.3) is 0 Å². The van der Waals surface area contributed by atoms with Crippen LogP contribution < -0.4 is 0 Å². The van der Waals surface area contributed by atoms with Crippen molar-refractivity contribution in [2.75, 3.05) is 0 Å². The summed E-state index contributed by atoms with van der Waals surface area (Å²) in [5, 5.41) is 7.51. The third kappa shape index (κ3) is 2.37. The second-order valence-electron chi connectivity index (χ2n) is 4.40. The Bertz CT molecular complexity index is 705. The molecule has 0 aliphatic carbocycles. The summed E-state index contributed by atoms with van der Waals surface area (Å²) in [4.78, 5) is 4.19. The first-order valence-corrected chi connectivity index (χ1v) is 6.34. The molecule has 0 aliphatic heterocycles. The van der Waals surface area contributed by atoms with Gasteiger partial charge in [0.2, 0.25) is 0 Å². The molecule has 2 aromatic carbocycles. The second kappa shape index (κ2) is 4.86. The minimum absolute atomic E-state index is 0.747. The minimum Gasteiger partial charge on any atom is -0.259 e. The van der Waals surface area contributed by atoms with E-state index in [2.05, 4.69) is 40.3 Å². The van der Waals surface area contributed by atoms with Crippen molar-refractivity contribution >= 4 is 11.6 Å². The standard InChI is InChI=1S/C15H12ClN3/c1-10-6-11(13-4-2-3-5-14(13)16)8-12(7-10)15-17-9-18-19-15/h2-9H,1H3,(H,17,18,19). The molecule has 1 aromatic heterocycles. The van der Waals surface area contributed by atoms with Crippen molar-refractivity contribution in [2.24, 2.45) is 0 Å². The van der Waals surface area contributed by atoms with Crippen LogP contribution in [-0.2, 0) is 0 Å². The van der Waals surface area contributed by atoms with Gasteiger partial charge in [-0.05, 0) is 36.2 Å². The quantitative estimate of drug-likeness (QED) is 0.761. The molecule has 4 heteroatoms. The van der Waals surface area contributed by atoms with Gasteiger partial charge < -0.3 is 0 Å². The van der Waals surface area contributed by atoms with Crippen LogP contribution in [0.4, 0.5) is 0 Å². The van der Waals surface area contributed by atoms with Crippen LogP contribution in [0.1, 0.15) is 5.56 Å². The fourth-order valence-corrected chi connectivity index (χ4v) is 2.36. The van der Waals surface area contributed by atoms with Crippen LogP contribution in [0.2, 0.25) is 5.02 Å². The normalized spacial score (nSPS) is 10.6. The molecule has 0 radical (unpaired) electrons. The minimum atomic E-state index is 0.747. The first-order chi connectivity index (χ1) is 9.24. The van der Waals surface area contributed by atoms with Crippen molar-refractivity contribution in [3.05, 3.63) is 59.4 Å². The van der Waals surface area contributed by atoms with E-state index in [0.717, 1.165) is 33.1 Å². The summed E-state index contributed by atoms with van der Waals surface area (Å²) in [6.45, 7) is 2.06. The Hall–Kier alpha value is -2.13. The molecule has 3 nitrogen and oxygen atoms in total. The average molecular weight is 270 g/mol. The number of H-pyrrole nitrogens is 1. The maximum absolute atomic E-state index is 6.25. The summed E-state index contributed by atoms with van der Waals surface area (Å²) in [6.07, 6.45) is 1.51. The first kappa shape index (κ1) is 11.9. The van der Waals surface area contributed by atoms with Crippen LogP contribution in [-0.4, -0.2) is 15.2 Å². The van der Waals surface area contributed by atoms with E-state index < -0.39 is 0 Å². The van der Waals surface area contributed by atoms with Crippen LogP contribution in [0.3, 0.4) is 0 Å². The largest absolute Gasteiger partial charge is 0.259 e. The fourth-order valence-electron chi connectivity index (χ4n) is 2.12. The van der Waals surface area contributed by atoms with E-state index in [4.69, 9.17) is 11.6 Å². The highest BCUT2D eigenvalue weighted by Gasteiger charge is 2.07. The van der Waals surface area contributed by atoms with Gasteiger partial charge in [0.1, 0.15) is 6.33 Å². The van der Waals surface area contributed by atoms with E-state index in [-0.39, 0.29) is 0 Å². The van der Waals surface area contributed by atoms with Crippen LogP contribution in [0.25, 0.3) is 22.5 Å². The number of aromatic amines is 1. The number of hydrogen-bond acceptors (Lipinski definition) is 2. The monoisotopic (exact) mass is 269 g/mol. The van der Waals surface area contributed by atoms with Gasteiger partial charge in [-0.1, -0.05) is 35.9 Å². The number of nitrogens with one attached hydrogen (secondary N) is 1. The predicted molar refractivity (Wildman–Crippen MR) is 77.0 cm³/mol. The van der Waals surface area contributed by atoms with Crippen molar-refractivity contribution in [1.82, 2.24) is 15.2 Å². The van der Waals surface area contributed by atoms with E-state index in [9.17, 15) is 0 Å². The molecule has 0 saturated heterocycles. The highest BCUT2D eigenvalue weighted by atomic mass is 35.5. The Morgan fingerprint density at radius 2 is 1.84 bits per heavy atom. The lowest BCUT2D eigenvalue weighted by atomic mass is 10.00. The Morgan fingerprint density at radius 3 is 2.58 bits per heavy atom. The van der Waals surface area contributed by atoms with Gasteiger partial charge in [0.05, 0.1) is 0 Å². The topological polar surface area (TPSA) is 41.6 Å². The van der Waals surface area contributed by atoms with Gasteiger partial charge >= 0.3 is 0 Å². The van der Waals surface area contributed by atoms with E-state index in [1.807, 2.05) is 24.3 Å². The Morgan fingerprint density at radius 1 is 1.05 bits per heavy atom. The summed E-state index contributed by atoms with van der Waals surface area (Å²) >= 11 is 6.25. The zero-order valence-corrected chi connectivity index (χ0v) is 11.1. The number of nitrogens with zero attached hydrogens (tertiary/aromatic N) is 2. The SMILES string of the molecule is Cc1cc(-c2ncn[nH]2)cc(-c2ccccc2Cl)c1. The number of rotatable bonds is 2. The Balaban J connectivity index is 2.16. The zero-order valence-electron chi connectivity index (χ0n) is 10.4. The molecule has 3 aromatic rings. The van der Waals surface area contributed by atoms with Gasteiger partial charge in [-0.15, -0.1) is 0 Å². The fraction of sp³-hybridized carbons (Fsp3) is 0.0667. The lowest BCUT2D eigenvalue weighted by Crippen LogP contribution is -1.86. The molecule has 0 saturated carbocycles. The van der Waals surface area contributed by atoms with Crippen LogP contribution >= 0.6 is 11.6 Å². The summed E-state index contributed by atoms with van der Waals surface area (Å²) in [6, 6.07) is 14.1. The molecule has 94 valence electrons. The van der Waals surface area contributed by atoms with E-state index >= 15 is 0 Å². The third-order valence-corrected chi connectivity index (χ3v) is 3.28. The predicted octanol–water partition coefficient (Wildman–Crippen LogP) is 4.10. The van der Waals surface area contributed by atoms with Crippen molar-refractivity contribution in [2.45, 2.75) is 6.92 Å². The summed E-state index contributed by atoms with van der Waals surface area (Å²) in [5.74, 6) is 0.761. The molecule has 1 N–H and O–H groups in total. The van der Waals surface area contributed by atoms with Crippen LogP contribution in [0.15, 0.2) is 48.8 Å². The Labute approximate surface area is 116 Å². The van der Waals surface area contributed by atoms with Crippen molar-refractivity contribution in [3.63, 3.8) is 0 Å². The molecule has 3 rings (SSSR count). The van der Waals surface area contributed by atoms with Crippen molar-refractivity contribution in [1.29, 1.82) is 0 Å². The lowest BCUT2D eigenvalue weighted by molar-refractivity contribution is 1.09. The van der Waals surface area contributed by atoms with Crippen LogP contribution in [0, 0.1) is 6.92 Å². The van der Waals surface area contributed by atoms with Crippen molar-refractivity contribution < 1.29 is 0 Å². The average Bonchev–Trinajstić information content (AvgIpc) is 2.92. The van der Waals surface area contributed by atoms with E-state index in [0.29, 0.717) is 0 Å². The summed E-state index contributed by atoms with van der Waals surface area (Å²) in [7, 11) is 0. The maximum atomic E-state index is 6.25. The molecule has 0 aliphatic rings. The molecule has 1 heterocycles. The highest BCUT2D eigenvalue weighted by molar-refractivity contribution is 6.33. The number of hydrogen-bond donors (Lipinski definition) is 1. The third-order valence-electron chi connectivity index (χ3n) is 2.95. The smallest absolute Gasteiger partial charge is 0.155 e. The lowest BCUT2D eigenvalue weighted by Gasteiger charge is -2.08. The molecule has 0 fully saturated rings. The summed E-state index contributed by atoms with van der Waals surface area (Å²) < 4.78 is 0. The van der Waals surface area contributed by atoms with Gasteiger partial charge in [0, 0.05) is 16.1 Å². The number of halogens is 1. The number of aryl methyl sites for hydroxylation is 1. The molecule has 0 unspecified atom stereocenters. The highest BCUT2D eigenvalue weighted by Crippen LogP contribution is 2.31. The number of benzene rings is 2. The molecule has 0 atom stereocenters. The van der Waals surface area contributed by atoms with Gasteiger partial charge in [-0.3, -0.25) is 5.10 Å². The van der Waals surface area contributed by atoms with Crippen LogP contribution in [0.5, 0.6) is 0 Å². The molecule has 0 bridgehead atoms. The summed E-state index contributed by atoms with van der Waals surface area (Å²) in [5.41, 5.74) is 4.27. The van der Waals surface area contributed by atoms with Crippen molar-refractivity contribution in [3.8, 4) is 22.5 Å². The zero-order chi connectivity index (χ0) is 13.2. The second-order valence-corrected chi connectivity index (χ2v) is 4.81. The molecular formula is C15H12ClN3. The van der Waals surface area contributed by atoms with E-state index in [1.54, 1.807) is 0 Å². The van der Waals surface area contributed by atoms with E-state index in [1.165, 1.54) is 6.33 Å². The Kier molecular flexibility index (Phi) is 3.05. The molecule has 0 amide bonds. The molecular weight excluding hydrogens is 258 g/mol. The molecule has 0 spiro atoms. The van der Waals surface area contributed by atoms with Gasteiger partial charge in [0.15, 0.2) is 5.82 Å². The maximum Gasteiger partial charge on any atom is 0.155 e.